The number of hydrogen-bond acceptors (Lipinski definition) is 3. The van der Waals surface area contributed by atoms with E-state index >= 15 is 0 Å². The highest BCUT2D eigenvalue weighted by Gasteiger charge is 2.14. The Labute approximate surface area is 116 Å². The number of nitrogen functional groups attached to an aromatic ring is 1. The number of carbonyl (C=O) groups is 1. The van der Waals surface area contributed by atoms with Crippen LogP contribution in [0.1, 0.15) is 31.9 Å². The quantitative estimate of drug-likeness (QED) is 0.455. The van der Waals surface area contributed by atoms with Crippen LogP contribution >= 0.6 is 15.9 Å². The summed E-state index contributed by atoms with van der Waals surface area (Å²) in [6.07, 6.45) is 0. The van der Waals surface area contributed by atoms with Crippen LogP contribution in [-0.2, 0) is 9.53 Å². The van der Waals surface area contributed by atoms with E-state index in [9.17, 15) is 4.79 Å². The van der Waals surface area contributed by atoms with E-state index in [-0.39, 0.29) is 0 Å². The molecule has 1 aromatic rings. The monoisotopic (exact) mass is 309 g/mol. The summed E-state index contributed by atoms with van der Waals surface area (Å²) in [5.41, 5.74) is 7.49. The van der Waals surface area contributed by atoms with E-state index in [1.54, 1.807) is 26.8 Å². The number of nitrogens with two attached hydrogens (primary N) is 1. The molecule has 2 N–H and O–H groups in total. The molecule has 0 spiro atoms. The summed E-state index contributed by atoms with van der Waals surface area (Å²) < 4.78 is 5.94. The molecule has 0 aliphatic rings. The van der Waals surface area contributed by atoms with E-state index in [0.717, 1.165) is 10.0 Å². The highest BCUT2D eigenvalue weighted by molar-refractivity contribution is 9.10. The normalized spacial score (nSPS) is 10.5. The van der Waals surface area contributed by atoms with Crippen molar-refractivity contribution in [3.8, 4) is 11.8 Å². The predicted molar refractivity (Wildman–Crippen MR) is 76.0 cm³/mol. The minimum Gasteiger partial charge on any atom is -0.450 e. The van der Waals surface area contributed by atoms with Gasteiger partial charge >= 0.3 is 5.97 Å². The molecule has 0 amide bonds. The number of benzene rings is 1. The zero-order valence-electron chi connectivity index (χ0n) is 10.9. The molecule has 0 aromatic heterocycles. The van der Waals surface area contributed by atoms with Crippen LogP contribution in [-0.4, -0.2) is 11.6 Å². The average Bonchev–Trinajstić information content (AvgIpc) is 2.18. The molecule has 18 heavy (non-hydrogen) atoms. The first kappa shape index (κ1) is 14.6. The number of ether oxygens (including phenoxy) is 1. The lowest BCUT2D eigenvalue weighted by Crippen LogP contribution is -2.22. The molecule has 1 aromatic carbocycles. The molecular formula is C14H16BrNO2. The minimum absolute atomic E-state index is 0.531. The molecule has 0 bridgehead atoms. The standard InChI is InChI=1S/C14H16BrNO2/c1-9-10(7-11(15)8-12(9)16)5-6-13(17)18-14(2,3)4/h7-8H,16H2,1-4H3. The molecule has 0 saturated carbocycles. The maximum Gasteiger partial charge on any atom is 0.385 e. The summed E-state index contributed by atoms with van der Waals surface area (Å²) in [6.45, 7) is 7.26. The van der Waals surface area contributed by atoms with Crippen LogP contribution in [0.3, 0.4) is 0 Å². The van der Waals surface area contributed by atoms with Crippen molar-refractivity contribution < 1.29 is 9.53 Å². The van der Waals surface area contributed by atoms with Gasteiger partial charge in [0.15, 0.2) is 0 Å². The lowest BCUT2D eigenvalue weighted by atomic mass is 10.1. The minimum atomic E-state index is -0.541. The van der Waals surface area contributed by atoms with Crippen LogP contribution in [0.25, 0.3) is 0 Å². The predicted octanol–water partition coefficient (Wildman–Crippen LogP) is 3.03. The van der Waals surface area contributed by atoms with Crippen molar-refractivity contribution in [3.63, 3.8) is 0 Å². The van der Waals surface area contributed by atoms with Gasteiger partial charge in [-0.1, -0.05) is 21.9 Å². The van der Waals surface area contributed by atoms with Gasteiger partial charge in [-0.15, -0.1) is 0 Å². The molecule has 0 radical (unpaired) electrons. The van der Waals surface area contributed by atoms with Gasteiger partial charge in [-0.2, -0.15) is 0 Å². The van der Waals surface area contributed by atoms with E-state index in [4.69, 9.17) is 10.5 Å². The summed E-state index contributed by atoms with van der Waals surface area (Å²) >= 11 is 3.34. The third-order valence-electron chi connectivity index (χ3n) is 2.11. The second-order valence-corrected chi connectivity index (χ2v) is 5.84. The number of hydrogen-bond donors (Lipinski definition) is 1. The molecule has 3 nitrogen and oxygen atoms in total. The Morgan fingerprint density at radius 2 is 2.00 bits per heavy atom. The van der Waals surface area contributed by atoms with Crippen molar-refractivity contribution in [1.82, 2.24) is 0 Å². The fourth-order valence-corrected chi connectivity index (χ4v) is 1.73. The molecule has 0 fully saturated rings. The zero-order valence-corrected chi connectivity index (χ0v) is 12.5. The molecule has 96 valence electrons. The van der Waals surface area contributed by atoms with Gasteiger partial charge in [0.2, 0.25) is 0 Å². The van der Waals surface area contributed by atoms with Gasteiger partial charge in [0.1, 0.15) is 5.60 Å². The zero-order chi connectivity index (χ0) is 13.9. The smallest absolute Gasteiger partial charge is 0.385 e. The van der Waals surface area contributed by atoms with Crippen LogP contribution in [0, 0.1) is 18.8 Å². The molecule has 0 unspecified atom stereocenters. The third-order valence-corrected chi connectivity index (χ3v) is 2.57. The van der Waals surface area contributed by atoms with E-state index in [1.165, 1.54) is 0 Å². The Hall–Kier alpha value is -1.47. The summed E-state index contributed by atoms with van der Waals surface area (Å²) in [5, 5.41) is 0. The van der Waals surface area contributed by atoms with E-state index in [1.807, 2.05) is 13.0 Å². The molecule has 0 heterocycles. The maximum absolute atomic E-state index is 11.5. The Morgan fingerprint density at radius 1 is 1.39 bits per heavy atom. The molecule has 1 rings (SSSR count). The van der Waals surface area contributed by atoms with Crippen LogP contribution in [0.4, 0.5) is 5.69 Å². The summed E-state index contributed by atoms with van der Waals surface area (Å²) in [6, 6.07) is 3.62. The maximum atomic E-state index is 11.5. The number of anilines is 1. The number of carbonyl (C=O) groups excluding carboxylic acids is 1. The van der Waals surface area contributed by atoms with Gasteiger partial charge in [-0.05, 0) is 45.4 Å². The topological polar surface area (TPSA) is 52.3 Å². The van der Waals surface area contributed by atoms with Crippen molar-refractivity contribution >= 4 is 27.6 Å². The SMILES string of the molecule is Cc1c(N)cc(Br)cc1C#CC(=O)OC(C)(C)C. The van der Waals surface area contributed by atoms with Crippen molar-refractivity contribution in [2.75, 3.05) is 5.73 Å². The van der Waals surface area contributed by atoms with Gasteiger partial charge in [0, 0.05) is 21.6 Å². The highest BCUT2D eigenvalue weighted by Crippen LogP contribution is 2.21. The summed E-state index contributed by atoms with van der Waals surface area (Å²) in [4.78, 5) is 11.5. The first-order valence-corrected chi connectivity index (χ1v) is 6.29. The van der Waals surface area contributed by atoms with Crippen LogP contribution in [0.5, 0.6) is 0 Å². The van der Waals surface area contributed by atoms with Gasteiger partial charge in [0.25, 0.3) is 0 Å². The molecule has 0 saturated heterocycles. The number of halogens is 1. The fraction of sp³-hybridized carbons (Fsp3) is 0.357. The lowest BCUT2D eigenvalue weighted by molar-refractivity contribution is -0.147. The molecular weight excluding hydrogens is 294 g/mol. The molecule has 4 heteroatoms. The van der Waals surface area contributed by atoms with Crippen molar-refractivity contribution in [2.24, 2.45) is 0 Å². The number of esters is 1. The molecule has 0 aliphatic carbocycles. The third kappa shape index (κ3) is 4.42. The second kappa shape index (κ2) is 5.45. The van der Waals surface area contributed by atoms with Crippen molar-refractivity contribution in [2.45, 2.75) is 33.3 Å². The Morgan fingerprint density at radius 3 is 2.56 bits per heavy atom. The Kier molecular flexibility index (Phi) is 4.42. The van der Waals surface area contributed by atoms with Crippen molar-refractivity contribution in [3.05, 3.63) is 27.7 Å². The Bertz CT molecular complexity index is 533. The van der Waals surface area contributed by atoms with Crippen LogP contribution in [0.15, 0.2) is 16.6 Å². The summed E-state index contributed by atoms with van der Waals surface area (Å²) in [5.74, 6) is 4.70. The average molecular weight is 310 g/mol. The van der Waals surface area contributed by atoms with Gasteiger partial charge < -0.3 is 10.5 Å². The number of rotatable bonds is 0. The van der Waals surface area contributed by atoms with Gasteiger partial charge in [0.05, 0.1) is 0 Å². The lowest BCUT2D eigenvalue weighted by Gasteiger charge is -2.16. The largest absolute Gasteiger partial charge is 0.450 e. The van der Waals surface area contributed by atoms with Crippen molar-refractivity contribution in [1.29, 1.82) is 0 Å². The van der Waals surface area contributed by atoms with Gasteiger partial charge in [-0.25, -0.2) is 4.79 Å². The fourth-order valence-electron chi connectivity index (χ4n) is 1.25. The van der Waals surface area contributed by atoms with E-state index < -0.39 is 11.6 Å². The van der Waals surface area contributed by atoms with Gasteiger partial charge in [-0.3, -0.25) is 0 Å². The first-order chi connectivity index (χ1) is 8.19. The second-order valence-electron chi connectivity index (χ2n) is 4.92. The molecule has 0 atom stereocenters. The van der Waals surface area contributed by atoms with Crippen LogP contribution < -0.4 is 5.73 Å². The summed E-state index contributed by atoms with van der Waals surface area (Å²) in [7, 11) is 0. The van der Waals surface area contributed by atoms with E-state index in [0.29, 0.717) is 11.3 Å². The Balaban J connectivity index is 2.96. The van der Waals surface area contributed by atoms with Crippen LogP contribution in [0.2, 0.25) is 0 Å². The van der Waals surface area contributed by atoms with E-state index in [2.05, 4.69) is 27.8 Å². The first-order valence-electron chi connectivity index (χ1n) is 5.49. The highest BCUT2D eigenvalue weighted by atomic mass is 79.9. The molecule has 0 aliphatic heterocycles.